The minimum absolute atomic E-state index is 0.600. The highest BCUT2D eigenvalue weighted by molar-refractivity contribution is 5.65. The topological polar surface area (TPSA) is 73.6 Å². The lowest BCUT2D eigenvalue weighted by atomic mass is 10.1. The van der Waals surface area contributed by atoms with Crippen molar-refractivity contribution < 1.29 is 0 Å². The Bertz CT molecular complexity index is 912. The van der Waals surface area contributed by atoms with Crippen LogP contribution in [0.3, 0.4) is 0 Å². The summed E-state index contributed by atoms with van der Waals surface area (Å²) in [6.07, 6.45) is 1.50. The van der Waals surface area contributed by atoms with Gasteiger partial charge in [0.25, 0.3) is 0 Å². The van der Waals surface area contributed by atoms with Gasteiger partial charge in [-0.3, -0.25) is 0 Å². The number of aromatic nitrogens is 2. The Morgan fingerprint density at radius 1 is 0.917 bits per heavy atom. The fraction of sp³-hybridized carbons (Fsp3) is 0.105. The minimum atomic E-state index is 0.600. The lowest BCUT2D eigenvalue weighted by molar-refractivity contribution is 1.16. The normalized spacial score (nSPS) is 10.0. The molecule has 0 radical (unpaired) electrons. The van der Waals surface area contributed by atoms with Gasteiger partial charge in [-0.15, -0.1) is 0 Å². The molecule has 24 heavy (non-hydrogen) atoms. The number of aryl methyl sites for hydroxylation is 2. The molecule has 0 saturated heterocycles. The van der Waals surface area contributed by atoms with E-state index in [4.69, 9.17) is 5.26 Å². The predicted octanol–water partition coefficient (Wildman–Crippen LogP) is 4.45. The number of anilines is 4. The summed E-state index contributed by atoms with van der Waals surface area (Å²) in [7, 11) is 0. The summed E-state index contributed by atoms with van der Waals surface area (Å²) in [6, 6.07) is 17.4. The molecule has 0 atom stereocenters. The maximum atomic E-state index is 8.97. The Morgan fingerprint density at radius 2 is 1.71 bits per heavy atom. The summed E-state index contributed by atoms with van der Waals surface area (Å²) < 4.78 is 0. The lowest BCUT2D eigenvalue weighted by Gasteiger charge is -2.11. The third-order valence-corrected chi connectivity index (χ3v) is 3.58. The standard InChI is InChI=1S/C19H17N5/c1-13-6-7-17(14(2)8-13)24-19-10-18(21-12-22-19)23-16-5-3-4-15(9-16)11-20/h3-10,12H,1-2H3,(H2,21,22,23,24). The van der Waals surface area contributed by atoms with E-state index in [1.54, 1.807) is 12.1 Å². The molecule has 5 heteroatoms. The van der Waals surface area contributed by atoms with Crippen LogP contribution in [0.25, 0.3) is 0 Å². The van der Waals surface area contributed by atoms with Crippen molar-refractivity contribution in [3.63, 3.8) is 0 Å². The summed E-state index contributed by atoms with van der Waals surface area (Å²) in [4.78, 5) is 8.48. The molecule has 0 unspecified atom stereocenters. The number of benzene rings is 2. The van der Waals surface area contributed by atoms with Gasteiger partial charge >= 0.3 is 0 Å². The average Bonchev–Trinajstić information content (AvgIpc) is 2.58. The molecule has 0 aliphatic heterocycles. The van der Waals surface area contributed by atoms with Gasteiger partial charge in [-0.2, -0.15) is 5.26 Å². The number of nitrogens with one attached hydrogen (secondary N) is 2. The van der Waals surface area contributed by atoms with E-state index in [-0.39, 0.29) is 0 Å². The molecule has 3 rings (SSSR count). The highest BCUT2D eigenvalue weighted by atomic mass is 15.1. The van der Waals surface area contributed by atoms with E-state index >= 15 is 0 Å². The molecule has 0 amide bonds. The van der Waals surface area contributed by atoms with Crippen LogP contribution in [-0.4, -0.2) is 9.97 Å². The first-order valence-electron chi connectivity index (χ1n) is 7.57. The van der Waals surface area contributed by atoms with Crippen LogP contribution in [0.2, 0.25) is 0 Å². The van der Waals surface area contributed by atoms with E-state index < -0.39 is 0 Å². The average molecular weight is 315 g/mol. The molecule has 0 fully saturated rings. The van der Waals surface area contributed by atoms with E-state index in [1.807, 2.05) is 24.3 Å². The highest BCUT2D eigenvalue weighted by Gasteiger charge is 2.03. The van der Waals surface area contributed by atoms with Crippen LogP contribution in [0.15, 0.2) is 54.9 Å². The zero-order valence-electron chi connectivity index (χ0n) is 13.5. The Hall–Kier alpha value is -3.39. The molecular weight excluding hydrogens is 298 g/mol. The minimum Gasteiger partial charge on any atom is -0.340 e. The molecule has 3 aromatic rings. The first kappa shape index (κ1) is 15.5. The smallest absolute Gasteiger partial charge is 0.135 e. The summed E-state index contributed by atoms with van der Waals surface area (Å²) in [5.74, 6) is 1.36. The van der Waals surface area contributed by atoms with E-state index in [9.17, 15) is 0 Å². The van der Waals surface area contributed by atoms with E-state index in [1.165, 1.54) is 11.9 Å². The molecule has 5 nitrogen and oxygen atoms in total. The molecule has 0 spiro atoms. The van der Waals surface area contributed by atoms with Crippen molar-refractivity contribution in [3.8, 4) is 6.07 Å². The molecule has 1 heterocycles. The second kappa shape index (κ2) is 6.80. The van der Waals surface area contributed by atoms with Gasteiger partial charge in [-0.1, -0.05) is 23.8 Å². The number of hydrogen-bond acceptors (Lipinski definition) is 5. The lowest BCUT2D eigenvalue weighted by Crippen LogP contribution is -1.99. The second-order valence-corrected chi connectivity index (χ2v) is 5.55. The molecular formula is C19H17N5. The molecule has 0 aliphatic carbocycles. The van der Waals surface area contributed by atoms with Crippen LogP contribution in [0, 0.1) is 25.2 Å². The van der Waals surface area contributed by atoms with Crippen molar-refractivity contribution >= 4 is 23.0 Å². The molecule has 2 N–H and O–H groups in total. The number of nitrogens with zero attached hydrogens (tertiary/aromatic N) is 3. The Labute approximate surface area is 141 Å². The number of hydrogen-bond donors (Lipinski definition) is 2. The van der Waals surface area contributed by atoms with Crippen LogP contribution in [0.1, 0.15) is 16.7 Å². The zero-order valence-corrected chi connectivity index (χ0v) is 13.5. The Balaban J connectivity index is 1.80. The van der Waals surface area contributed by atoms with Gasteiger partial charge in [0.1, 0.15) is 18.0 Å². The van der Waals surface area contributed by atoms with Crippen molar-refractivity contribution in [3.05, 3.63) is 71.5 Å². The summed E-state index contributed by atoms with van der Waals surface area (Å²) in [6.45, 7) is 4.13. The molecule has 2 aromatic carbocycles. The number of nitriles is 1. The first-order valence-corrected chi connectivity index (χ1v) is 7.57. The van der Waals surface area contributed by atoms with E-state index in [0.717, 1.165) is 16.9 Å². The summed E-state index contributed by atoms with van der Waals surface area (Å²) in [5.41, 5.74) is 4.80. The van der Waals surface area contributed by atoms with Crippen LogP contribution in [-0.2, 0) is 0 Å². The van der Waals surface area contributed by atoms with Gasteiger partial charge in [0.05, 0.1) is 11.6 Å². The summed E-state index contributed by atoms with van der Waals surface area (Å²) in [5, 5.41) is 15.5. The van der Waals surface area contributed by atoms with Crippen LogP contribution in [0.4, 0.5) is 23.0 Å². The first-order chi connectivity index (χ1) is 11.6. The third kappa shape index (κ3) is 3.68. The SMILES string of the molecule is Cc1ccc(Nc2cc(Nc3cccc(C#N)c3)ncn2)c(C)c1. The Kier molecular flexibility index (Phi) is 4.39. The summed E-state index contributed by atoms with van der Waals surface area (Å²) >= 11 is 0. The van der Waals surface area contributed by atoms with Gasteiger partial charge in [0, 0.05) is 17.4 Å². The van der Waals surface area contributed by atoms with Gasteiger partial charge < -0.3 is 10.6 Å². The fourth-order valence-corrected chi connectivity index (χ4v) is 2.40. The maximum absolute atomic E-state index is 8.97. The molecule has 118 valence electrons. The van der Waals surface area contributed by atoms with Gasteiger partial charge in [-0.05, 0) is 43.7 Å². The van der Waals surface area contributed by atoms with Gasteiger partial charge in [0.2, 0.25) is 0 Å². The maximum Gasteiger partial charge on any atom is 0.135 e. The van der Waals surface area contributed by atoms with Crippen molar-refractivity contribution in [1.82, 2.24) is 9.97 Å². The van der Waals surface area contributed by atoms with E-state index in [2.05, 4.69) is 52.7 Å². The van der Waals surface area contributed by atoms with Crippen LogP contribution in [0.5, 0.6) is 0 Å². The second-order valence-electron chi connectivity index (χ2n) is 5.55. The molecule has 0 bridgehead atoms. The Morgan fingerprint density at radius 3 is 2.46 bits per heavy atom. The van der Waals surface area contributed by atoms with Crippen molar-refractivity contribution in [1.29, 1.82) is 5.26 Å². The quantitative estimate of drug-likeness (QED) is 0.744. The predicted molar refractivity (Wildman–Crippen MR) is 95.7 cm³/mol. The van der Waals surface area contributed by atoms with Crippen molar-refractivity contribution in [2.24, 2.45) is 0 Å². The van der Waals surface area contributed by atoms with Crippen molar-refractivity contribution in [2.45, 2.75) is 13.8 Å². The molecule has 0 saturated carbocycles. The van der Waals surface area contributed by atoms with Crippen LogP contribution < -0.4 is 10.6 Å². The fourth-order valence-electron chi connectivity index (χ4n) is 2.40. The van der Waals surface area contributed by atoms with Crippen LogP contribution >= 0.6 is 0 Å². The largest absolute Gasteiger partial charge is 0.340 e. The van der Waals surface area contributed by atoms with E-state index in [0.29, 0.717) is 17.2 Å². The monoisotopic (exact) mass is 315 g/mol. The van der Waals surface area contributed by atoms with Crippen molar-refractivity contribution in [2.75, 3.05) is 10.6 Å². The zero-order chi connectivity index (χ0) is 16.9. The third-order valence-electron chi connectivity index (χ3n) is 3.58. The van der Waals surface area contributed by atoms with Gasteiger partial charge in [0.15, 0.2) is 0 Å². The number of rotatable bonds is 4. The molecule has 1 aromatic heterocycles. The van der Waals surface area contributed by atoms with Gasteiger partial charge in [-0.25, -0.2) is 9.97 Å². The molecule has 0 aliphatic rings. The highest BCUT2D eigenvalue weighted by Crippen LogP contribution is 2.22.